The average molecular weight is 340 g/mol. The number of hydrogen-bond acceptors (Lipinski definition) is 3. The van der Waals surface area contributed by atoms with E-state index < -0.39 is 28.1 Å². The second-order valence-corrected chi connectivity index (χ2v) is 7.74. The first-order chi connectivity index (χ1) is 8.98. The summed E-state index contributed by atoms with van der Waals surface area (Å²) >= 11 is 11.8. The van der Waals surface area contributed by atoms with Crippen molar-refractivity contribution in [2.75, 3.05) is 6.54 Å². The van der Waals surface area contributed by atoms with Gasteiger partial charge in [0.15, 0.2) is 0 Å². The van der Waals surface area contributed by atoms with Crippen LogP contribution in [-0.4, -0.2) is 35.9 Å². The molecule has 112 valence electrons. The minimum Gasteiger partial charge on any atom is -0.480 e. The molecule has 0 bridgehead atoms. The highest BCUT2D eigenvalue weighted by Gasteiger charge is 2.37. The molecule has 1 rings (SSSR count). The molecule has 0 radical (unpaired) electrons. The molecule has 0 aliphatic rings. The van der Waals surface area contributed by atoms with Crippen molar-refractivity contribution in [2.24, 2.45) is 0 Å². The molecule has 0 fully saturated rings. The lowest BCUT2D eigenvalue weighted by molar-refractivity contribution is -0.138. The van der Waals surface area contributed by atoms with Crippen molar-refractivity contribution in [1.29, 1.82) is 0 Å². The van der Waals surface area contributed by atoms with E-state index in [1.165, 1.54) is 18.2 Å². The first-order valence-electron chi connectivity index (χ1n) is 5.66. The fourth-order valence-electron chi connectivity index (χ4n) is 1.64. The van der Waals surface area contributed by atoms with Crippen molar-refractivity contribution in [3.05, 3.63) is 28.2 Å². The zero-order valence-corrected chi connectivity index (χ0v) is 13.6. The number of carboxylic acid groups (broad SMARTS) is 1. The van der Waals surface area contributed by atoms with Crippen LogP contribution in [0, 0.1) is 0 Å². The van der Waals surface area contributed by atoms with E-state index in [4.69, 9.17) is 28.3 Å². The van der Waals surface area contributed by atoms with Gasteiger partial charge in [-0.25, -0.2) is 8.42 Å². The predicted molar refractivity (Wildman–Crippen MR) is 77.7 cm³/mol. The molecule has 0 amide bonds. The van der Waals surface area contributed by atoms with E-state index in [2.05, 4.69) is 0 Å². The third-order valence-electron chi connectivity index (χ3n) is 2.49. The highest BCUT2D eigenvalue weighted by atomic mass is 35.5. The van der Waals surface area contributed by atoms with Crippen LogP contribution in [-0.2, 0) is 14.8 Å². The lowest BCUT2D eigenvalue weighted by Gasteiger charge is -2.33. The Hall–Kier alpha value is -0.820. The quantitative estimate of drug-likeness (QED) is 0.915. The van der Waals surface area contributed by atoms with Crippen LogP contribution in [0.15, 0.2) is 23.1 Å². The topological polar surface area (TPSA) is 74.7 Å². The van der Waals surface area contributed by atoms with E-state index in [0.29, 0.717) is 0 Å². The number of hydrogen-bond donors (Lipinski definition) is 1. The number of carbonyl (C=O) groups is 1. The van der Waals surface area contributed by atoms with Crippen molar-refractivity contribution in [3.63, 3.8) is 0 Å². The minimum absolute atomic E-state index is 0.0443. The number of nitrogens with zero attached hydrogens (tertiary/aromatic N) is 1. The molecule has 20 heavy (non-hydrogen) atoms. The molecule has 5 nitrogen and oxygen atoms in total. The Labute approximate surface area is 128 Å². The van der Waals surface area contributed by atoms with Crippen LogP contribution in [0.3, 0.4) is 0 Å². The fourth-order valence-corrected chi connectivity index (χ4v) is 4.48. The minimum atomic E-state index is -4.13. The van der Waals surface area contributed by atoms with Crippen molar-refractivity contribution >= 4 is 39.2 Å². The summed E-state index contributed by atoms with van der Waals surface area (Å²) in [6.07, 6.45) is 0. The Balaban J connectivity index is 3.49. The van der Waals surface area contributed by atoms with Gasteiger partial charge in [-0.3, -0.25) is 4.79 Å². The molecule has 0 spiro atoms. The summed E-state index contributed by atoms with van der Waals surface area (Å²) in [6, 6.07) is 4.30. The molecule has 1 N–H and O–H groups in total. The lowest BCUT2D eigenvalue weighted by atomic mass is 10.1. The zero-order valence-electron chi connectivity index (χ0n) is 11.2. The maximum Gasteiger partial charge on any atom is 0.318 e. The van der Waals surface area contributed by atoms with E-state index in [-0.39, 0.29) is 14.9 Å². The summed E-state index contributed by atoms with van der Waals surface area (Å²) in [5.41, 5.74) is -0.931. The molecular weight excluding hydrogens is 325 g/mol. The summed E-state index contributed by atoms with van der Waals surface area (Å²) in [5.74, 6) is -1.26. The third kappa shape index (κ3) is 3.63. The molecule has 0 atom stereocenters. The van der Waals surface area contributed by atoms with Gasteiger partial charge in [0.1, 0.15) is 11.4 Å². The lowest BCUT2D eigenvalue weighted by Crippen LogP contribution is -2.48. The molecule has 0 aliphatic carbocycles. The van der Waals surface area contributed by atoms with Crippen LogP contribution in [0.5, 0.6) is 0 Å². The van der Waals surface area contributed by atoms with Crippen LogP contribution in [0.2, 0.25) is 10.0 Å². The SMILES string of the molecule is CC(C)(C)N(CC(=O)O)S(=O)(=O)c1c(Cl)cccc1Cl. The van der Waals surface area contributed by atoms with Gasteiger partial charge in [-0.2, -0.15) is 4.31 Å². The van der Waals surface area contributed by atoms with Gasteiger partial charge in [0, 0.05) is 5.54 Å². The molecule has 0 aliphatic heterocycles. The molecule has 0 saturated carbocycles. The van der Waals surface area contributed by atoms with Crippen LogP contribution in [0.1, 0.15) is 20.8 Å². The van der Waals surface area contributed by atoms with E-state index in [0.717, 1.165) is 4.31 Å². The van der Waals surface area contributed by atoms with Crippen LogP contribution in [0.4, 0.5) is 0 Å². The van der Waals surface area contributed by atoms with Crippen LogP contribution >= 0.6 is 23.2 Å². The molecular formula is C12H15Cl2NO4S. The van der Waals surface area contributed by atoms with E-state index in [1.807, 2.05) is 0 Å². The largest absolute Gasteiger partial charge is 0.480 e. The summed E-state index contributed by atoms with van der Waals surface area (Å²) in [5, 5.41) is 8.84. The van der Waals surface area contributed by atoms with Gasteiger partial charge >= 0.3 is 5.97 Å². The van der Waals surface area contributed by atoms with Gasteiger partial charge in [0.2, 0.25) is 10.0 Å². The summed E-state index contributed by atoms with van der Waals surface area (Å²) in [4.78, 5) is 10.7. The number of halogens is 2. The zero-order chi connectivity index (χ0) is 15.7. The monoisotopic (exact) mass is 339 g/mol. The van der Waals surface area contributed by atoms with E-state index in [1.54, 1.807) is 20.8 Å². The Morgan fingerprint density at radius 2 is 1.70 bits per heavy atom. The Morgan fingerprint density at radius 3 is 2.05 bits per heavy atom. The molecule has 0 heterocycles. The highest BCUT2D eigenvalue weighted by Crippen LogP contribution is 2.34. The number of benzene rings is 1. The summed E-state index contributed by atoms with van der Waals surface area (Å²) in [7, 11) is -4.13. The van der Waals surface area contributed by atoms with Crippen molar-refractivity contribution in [1.82, 2.24) is 4.31 Å². The second kappa shape index (κ2) is 5.89. The third-order valence-corrected chi connectivity index (χ3v) is 5.56. The first kappa shape index (κ1) is 17.2. The number of sulfonamides is 1. The van der Waals surface area contributed by atoms with Gasteiger partial charge in [0.25, 0.3) is 0 Å². The van der Waals surface area contributed by atoms with Crippen LogP contribution in [0.25, 0.3) is 0 Å². The Bertz CT molecular complexity index is 603. The molecule has 8 heteroatoms. The summed E-state index contributed by atoms with van der Waals surface area (Å²) in [6.45, 7) is 4.11. The second-order valence-electron chi connectivity index (χ2n) is 5.13. The molecule has 0 unspecified atom stereocenters. The maximum absolute atomic E-state index is 12.6. The molecule has 0 saturated heterocycles. The standard InChI is InChI=1S/C12H15Cl2NO4S/c1-12(2,3)15(7-10(16)17)20(18,19)11-8(13)5-4-6-9(11)14/h4-6H,7H2,1-3H3,(H,16,17). The van der Waals surface area contributed by atoms with Gasteiger partial charge in [0.05, 0.1) is 10.0 Å². The van der Waals surface area contributed by atoms with E-state index in [9.17, 15) is 13.2 Å². The highest BCUT2D eigenvalue weighted by molar-refractivity contribution is 7.89. The van der Waals surface area contributed by atoms with Crippen molar-refractivity contribution < 1.29 is 18.3 Å². The van der Waals surface area contributed by atoms with Gasteiger partial charge in [-0.05, 0) is 32.9 Å². The van der Waals surface area contributed by atoms with Gasteiger partial charge in [-0.1, -0.05) is 29.3 Å². The average Bonchev–Trinajstić information content (AvgIpc) is 2.23. The number of aliphatic carboxylic acids is 1. The first-order valence-corrected chi connectivity index (χ1v) is 7.86. The van der Waals surface area contributed by atoms with E-state index >= 15 is 0 Å². The smallest absolute Gasteiger partial charge is 0.318 e. The van der Waals surface area contributed by atoms with Gasteiger partial charge in [-0.15, -0.1) is 0 Å². The van der Waals surface area contributed by atoms with Gasteiger partial charge < -0.3 is 5.11 Å². The fraction of sp³-hybridized carbons (Fsp3) is 0.417. The molecule has 0 aromatic heterocycles. The molecule has 1 aromatic carbocycles. The molecule has 1 aromatic rings. The predicted octanol–water partition coefficient (Wildman–Crippen LogP) is 2.87. The van der Waals surface area contributed by atoms with Crippen LogP contribution < -0.4 is 0 Å². The van der Waals surface area contributed by atoms with Crippen molar-refractivity contribution in [3.8, 4) is 0 Å². The Morgan fingerprint density at radius 1 is 1.25 bits per heavy atom. The Kier molecular flexibility index (Phi) is 5.08. The number of rotatable bonds is 4. The maximum atomic E-state index is 12.6. The normalized spacial score (nSPS) is 12.7. The van der Waals surface area contributed by atoms with Crippen molar-refractivity contribution in [2.45, 2.75) is 31.2 Å². The summed E-state index contributed by atoms with van der Waals surface area (Å²) < 4.78 is 26.2. The number of carboxylic acids is 1.